The predicted octanol–water partition coefficient (Wildman–Crippen LogP) is 2.19. The molecule has 0 unspecified atom stereocenters. The van der Waals surface area contributed by atoms with E-state index in [1.54, 1.807) is 7.11 Å². The zero-order valence-corrected chi connectivity index (χ0v) is 12.4. The van der Waals surface area contributed by atoms with Crippen LogP contribution in [0.5, 0.6) is 5.75 Å². The summed E-state index contributed by atoms with van der Waals surface area (Å²) in [4.78, 5) is 12.4. The SMILES string of the molecule is CC[C@H]1Cn2c(C(=O)NCCOC)cc3cccc(c32)O1. The molecule has 1 aromatic heterocycles. The van der Waals surface area contributed by atoms with E-state index in [1.165, 1.54) is 0 Å². The molecule has 0 bridgehead atoms. The molecule has 0 radical (unpaired) electrons. The van der Waals surface area contributed by atoms with Gasteiger partial charge in [-0.25, -0.2) is 0 Å². The van der Waals surface area contributed by atoms with Gasteiger partial charge in [0.25, 0.3) is 5.91 Å². The monoisotopic (exact) mass is 288 g/mol. The van der Waals surface area contributed by atoms with Crippen LogP contribution in [0.1, 0.15) is 23.8 Å². The molecule has 1 aliphatic heterocycles. The minimum absolute atomic E-state index is 0.0639. The van der Waals surface area contributed by atoms with Gasteiger partial charge in [0.2, 0.25) is 0 Å². The molecule has 1 N–H and O–H groups in total. The summed E-state index contributed by atoms with van der Waals surface area (Å²) in [5.41, 5.74) is 1.70. The first-order valence-electron chi connectivity index (χ1n) is 7.30. The topological polar surface area (TPSA) is 52.5 Å². The number of rotatable bonds is 5. The van der Waals surface area contributed by atoms with E-state index in [0.29, 0.717) is 25.4 Å². The number of aromatic nitrogens is 1. The van der Waals surface area contributed by atoms with E-state index in [-0.39, 0.29) is 12.0 Å². The standard InChI is InChI=1S/C16H20N2O3/c1-3-12-10-18-13(16(19)17-7-8-20-2)9-11-5-4-6-14(21-12)15(11)18/h4-6,9,12H,3,7-8,10H2,1-2H3,(H,17,19)/t12-/m0/s1. The summed E-state index contributed by atoms with van der Waals surface area (Å²) in [7, 11) is 1.62. The number of nitrogens with zero attached hydrogens (tertiary/aromatic N) is 1. The molecule has 2 heterocycles. The van der Waals surface area contributed by atoms with Crippen molar-refractivity contribution in [2.45, 2.75) is 26.0 Å². The second kappa shape index (κ2) is 5.77. The molecule has 2 aromatic rings. The second-order valence-corrected chi connectivity index (χ2v) is 5.23. The number of nitrogens with one attached hydrogen (secondary N) is 1. The fourth-order valence-electron chi connectivity index (χ4n) is 2.75. The molecule has 3 rings (SSSR count). The van der Waals surface area contributed by atoms with Crippen LogP contribution in [0.25, 0.3) is 10.9 Å². The molecule has 0 aliphatic carbocycles. The minimum Gasteiger partial charge on any atom is -0.486 e. The lowest BCUT2D eigenvalue weighted by Crippen LogP contribution is -2.32. The molecule has 1 atom stereocenters. The number of carbonyl (C=O) groups excluding carboxylic acids is 1. The zero-order valence-electron chi connectivity index (χ0n) is 12.4. The van der Waals surface area contributed by atoms with Crippen LogP contribution in [-0.4, -0.2) is 36.8 Å². The number of methoxy groups -OCH3 is 1. The summed E-state index contributed by atoms with van der Waals surface area (Å²) >= 11 is 0. The van der Waals surface area contributed by atoms with Gasteiger partial charge in [0, 0.05) is 19.0 Å². The molecule has 0 fully saturated rings. The van der Waals surface area contributed by atoms with Gasteiger partial charge < -0.3 is 19.4 Å². The van der Waals surface area contributed by atoms with Gasteiger partial charge in [-0.3, -0.25) is 4.79 Å². The normalized spacial score (nSPS) is 16.8. The Morgan fingerprint density at radius 1 is 1.52 bits per heavy atom. The summed E-state index contributed by atoms with van der Waals surface area (Å²) in [6.07, 6.45) is 1.03. The Labute approximate surface area is 123 Å². The molecule has 0 spiro atoms. The van der Waals surface area contributed by atoms with E-state index in [0.717, 1.165) is 23.1 Å². The number of benzene rings is 1. The van der Waals surface area contributed by atoms with Gasteiger partial charge in [-0.1, -0.05) is 19.1 Å². The van der Waals surface area contributed by atoms with Crippen molar-refractivity contribution < 1.29 is 14.3 Å². The van der Waals surface area contributed by atoms with Crippen molar-refractivity contribution in [3.8, 4) is 5.75 Å². The number of amides is 1. The Hall–Kier alpha value is -2.01. The van der Waals surface area contributed by atoms with Gasteiger partial charge in [0.1, 0.15) is 17.5 Å². The summed E-state index contributed by atoms with van der Waals surface area (Å²) in [6.45, 7) is 3.83. The maximum atomic E-state index is 12.4. The molecule has 112 valence electrons. The number of para-hydroxylation sites is 1. The molecule has 0 saturated heterocycles. The third-order valence-corrected chi connectivity index (χ3v) is 3.84. The summed E-state index contributed by atoms with van der Waals surface area (Å²) in [5.74, 6) is 0.799. The highest BCUT2D eigenvalue weighted by Crippen LogP contribution is 2.34. The van der Waals surface area contributed by atoms with Gasteiger partial charge >= 0.3 is 0 Å². The van der Waals surface area contributed by atoms with Crippen molar-refractivity contribution in [1.82, 2.24) is 9.88 Å². The van der Waals surface area contributed by atoms with Crippen LogP contribution >= 0.6 is 0 Å². The number of carbonyl (C=O) groups is 1. The smallest absolute Gasteiger partial charge is 0.268 e. The molecule has 0 saturated carbocycles. The van der Waals surface area contributed by atoms with Gasteiger partial charge in [0.15, 0.2) is 0 Å². The van der Waals surface area contributed by atoms with Crippen molar-refractivity contribution in [3.05, 3.63) is 30.0 Å². The van der Waals surface area contributed by atoms with Crippen molar-refractivity contribution in [2.75, 3.05) is 20.3 Å². The molecule has 5 nitrogen and oxygen atoms in total. The largest absolute Gasteiger partial charge is 0.486 e. The molecule has 1 aromatic carbocycles. The maximum absolute atomic E-state index is 12.4. The van der Waals surface area contributed by atoms with Gasteiger partial charge in [0.05, 0.1) is 18.7 Å². The highest BCUT2D eigenvalue weighted by molar-refractivity contribution is 6.00. The van der Waals surface area contributed by atoms with Crippen molar-refractivity contribution >= 4 is 16.8 Å². The number of hydrogen-bond acceptors (Lipinski definition) is 3. The van der Waals surface area contributed by atoms with Crippen LogP contribution in [0, 0.1) is 0 Å². The summed E-state index contributed by atoms with van der Waals surface area (Å²) < 4.78 is 13.0. The Morgan fingerprint density at radius 3 is 3.14 bits per heavy atom. The lowest BCUT2D eigenvalue weighted by Gasteiger charge is -2.26. The predicted molar refractivity (Wildman–Crippen MR) is 80.9 cm³/mol. The highest BCUT2D eigenvalue weighted by atomic mass is 16.5. The van der Waals surface area contributed by atoms with E-state index >= 15 is 0 Å². The Balaban J connectivity index is 1.97. The fraction of sp³-hybridized carbons (Fsp3) is 0.438. The zero-order chi connectivity index (χ0) is 14.8. The van der Waals surface area contributed by atoms with Gasteiger partial charge in [-0.15, -0.1) is 0 Å². The van der Waals surface area contributed by atoms with Crippen molar-refractivity contribution in [3.63, 3.8) is 0 Å². The Kier molecular flexibility index (Phi) is 3.84. The van der Waals surface area contributed by atoms with Crippen LogP contribution < -0.4 is 10.1 Å². The Bertz CT molecular complexity index is 663. The second-order valence-electron chi connectivity index (χ2n) is 5.23. The van der Waals surface area contributed by atoms with Crippen molar-refractivity contribution in [2.24, 2.45) is 0 Å². The van der Waals surface area contributed by atoms with Crippen LogP contribution in [-0.2, 0) is 11.3 Å². The molecule has 1 aliphatic rings. The van der Waals surface area contributed by atoms with E-state index < -0.39 is 0 Å². The molecule has 21 heavy (non-hydrogen) atoms. The first-order valence-corrected chi connectivity index (χ1v) is 7.30. The van der Waals surface area contributed by atoms with E-state index in [9.17, 15) is 4.79 Å². The van der Waals surface area contributed by atoms with Crippen LogP contribution in [0.3, 0.4) is 0 Å². The first kappa shape index (κ1) is 13.9. The lowest BCUT2D eigenvalue weighted by atomic mass is 10.2. The van der Waals surface area contributed by atoms with Crippen LogP contribution in [0.4, 0.5) is 0 Å². The van der Waals surface area contributed by atoms with Gasteiger partial charge in [-0.05, 0) is 18.6 Å². The van der Waals surface area contributed by atoms with E-state index in [2.05, 4.69) is 16.8 Å². The molecular weight excluding hydrogens is 268 g/mol. The third kappa shape index (κ3) is 2.49. The van der Waals surface area contributed by atoms with Crippen LogP contribution in [0.15, 0.2) is 24.3 Å². The average molecular weight is 288 g/mol. The third-order valence-electron chi connectivity index (χ3n) is 3.84. The van der Waals surface area contributed by atoms with E-state index in [4.69, 9.17) is 9.47 Å². The summed E-state index contributed by atoms with van der Waals surface area (Å²) in [6, 6.07) is 7.87. The minimum atomic E-state index is -0.0639. The molecular formula is C16H20N2O3. The molecule has 1 amide bonds. The lowest BCUT2D eigenvalue weighted by molar-refractivity contribution is 0.0921. The van der Waals surface area contributed by atoms with Crippen molar-refractivity contribution in [1.29, 1.82) is 0 Å². The fourth-order valence-corrected chi connectivity index (χ4v) is 2.75. The maximum Gasteiger partial charge on any atom is 0.268 e. The highest BCUT2D eigenvalue weighted by Gasteiger charge is 2.25. The average Bonchev–Trinajstić information content (AvgIpc) is 2.88. The number of hydrogen-bond donors (Lipinski definition) is 1. The quantitative estimate of drug-likeness (QED) is 0.858. The van der Waals surface area contributed by atoms with Gasteiger partial charge in [-0.2, -0.15) is 0 Å². The Morgan fingerprint density at radius 2 is 2.38 bits per heavy atom. The number of ether oxygens (including phenoxy) is 2. The summed E-state index contributed by atoms with van der Waals surface area (Å²) in [5, 5.41) is 3.93. The first-order chi connectivity index (χ1) is 10.2. The van der Waals surface area contributed by atoms with Crippen LogP contribution in [0.2, 0.25) is 0 Å². The van der Waals surface area contributed by atoms with E-state index in [1.807, 2.05) is 24.3 Å². The molecule has 5 heteroatoms.